The summed E-state index contributed by atoms with van der Waals surface area (Å²) in [6.07, 6.45) is 8.01. The van der Waals surface area contributed by atoms with Gasteiger partial charge in [-0.05, 0) is 70.1 Å². The van der Waals surface area contributed by atoms with Crippen molar-refractivity contribution in [1.82, 2.24) is 5.32 Å². The van der Waals surface area contributed by atoms with Crippen LogP contribution >= 0.6 is 11.8 Å². The minimum atomic E-state index is -0.941. The first-order valence-corrected chi connectivity index (χ1v) is 10.2. The summed E-state index contributed by atoms with van der Waals surface area (Å²) in [6.45, 7) is 3.67. The SMILES string of the molecule is CCOC(=O)[C@H](CSC12CC3CC(CC(C3)C1)C2)NC(C)C(=O)O. The van der Waals surface area contributed by atoms with Crippen molar-refractivity contribution < 1.29 is 19.4 Å². The van der Waals surface area contributed by atoms with Gasteiger partial charge in [0.25, 0.3) is 0 Å². The normalized spacial score (nSPS) is 36.3. The van der Waals surface area contributed by atoms with Crippen LogP contribution < -0.4 is 5.32 Å². The molecule has 4 rings (SSSR count). The summed E-state index contributed by atoms with van der Waals surface area (Å²) < 4.78 is 5.46. The number of nitrogens with one attached hydrogen (secondary N) is 1. The predicted octanol–water partition coefficient (Wildman–Crippen LogP) is 2.68. The van der Waals surface area contributed by atoms with Crippen LogP contribution in [-0.4, -0.2) is 46.2 Å². The van der Waals surface area contributed by atoms with Crippen molar-refractivity contribution in [1.29, 1.82) is 0 Å². The lowest BCUT2D eigenvalue weighted by Crippen LogP contribution is -2.51. The molecule has 2 N–H and O–H groups in total. The van der Waals surface area contributed by atoms with Crippen LogP contribution in [0.1, 0.15) is 52.4 Å². The third kappa shape index (κ3) is 3.90. The van der Waals surface area contributed by atoms with Crippen molar-refractivity contribution in [2.24, 2.45) is 17.8 Å². The number of carboxylic acids is 1. The maximum absolute atomic E-state index is 12.2. The fraction of sp³-hybridized carbons (Fsp3) is 0.889. The molecule has 0 aromatic heterocycles. The summed E-state index contributed by atoms with van der Waals surface area (Å²) in [6, 6.07) is -1.30. The standard InChI is InChI=1S/C18H29NO4S/c1-3-23-17(22)15(19-11(2)16(20)21)10-24-18-7-12-4-13(8-18)6-14(5-12)9-18/h11-15,19H,3-10H2,1-2H3,(H,20,21)/t11?,12?,13?,14?,15-,18?/m0/s1. The molecule has 24 heavy (non-hydrogen) atoms. The van der Waals surface area contributed by atoms with Crippen molar-refractivity contribution in [3.05, 3.63) is 0 Å². The number of ether oxygens (including phenoxy) is 1. The Bertz CT molecular complexity index is 460. The molecule has 4 fully saturated rings. The Kier molecular flexibility index (Phi) is 5.45. The zero-order valence-corrected chi connectivity index (χ0v) is 15.4. The number of hydrogen-bond acceptors (Lipinski definition) is 5. The summed E-state index contributed by atoms with van der Waals surface area (Å²) in [5.74, 6) is 1.94. The largest absolute Gasteiger partial charge is 0.480 e. The molecule has 0 aliphatic heterocycles. The van der Waals surface area contributed by atoms with E-state index < -0.39 is 18.1 Å². The first-order valence-electron chi connectivity index (χ1n) is 9.20. The quantitative estimate of drug-likeness (QED) is 0.652. The average molecular weight is 356 g/mol. The van der Waals surface area contributed by atoms with Gasteiger partial charge in [0.2, 0.25) is 0 Å². The van der Waals surface area contributed by atoms with E-state index in [1.165, 1.54) is 38.5 Å². The number of carbonyl (C=O) groups excluding carboxylic acids is 1. The highest BCUT2D eigenvalue weighted by molar-refractivity contribution is 8.00. The van der Waals surface area contributed by atoms with Crippen LogP contribution in [0.5, 0.6) is 0 Å². The van der Waals surface area contributed by atoms with Crippen molar-refractivity contribution >= 4 is 23.7 Å². The molecular weight excluding hydrogens is 326 g/mol. The molecule has 0 saturated heterocycles. The van der Waals surface area contributed by atoms with Gasteiger partial charge in [-0.15, -0.1) is 0 Å². The average Bonchev–Trinajstić information content (AvgIpc) is 2.49. The van der Waals surface area contributed by atoms with Crippen LogP contribution in [0.15, 0.2) is 0 Å². The van der Waals surface area contributed by atoms with E-state index in [1.807, 2.05) is 11.8 Å². The molecule has 2 atom stereocenters. The van der Waals surface area contributed by atoms with Crippen molar-refractivity contribution in [2.45, 2.75) is 69.2 Å². The van der Waals surface area contributed by atoms with E-state index in [1.54, 1.807) is 13.8 Å². The molecule has 0 amide bonds. The molecule has 0 radical (unpaired) electrons. The van der Waals surface area contributed by atoms with E-state index in [0.29, 0.717) is 17.1 Å². The third-order valence-electron chi connectivity index (χ3n) is 5.93. The Hall–Kier alpha value is -0.750. The Morgan fingerprint density at radius 2 is 1.75 bits per heavy atom. The Labute approximate surface area is 148 Å². The number of carbonyl (C=O) groups is 2. The van der Waals surface area contributed by atoms with Gasteiger partial charge in [-0.3, -0.25) is 14.9 Å². The molecule has 0 aromatic rings. The molecule has 0 aromatic carbocycles. The monoisotopic (exact) mass is 355 g/mol. The highest BCUT2D eigenvalue weighted by atomic mass is 32.2. The van der Waals surface area contributed by atoms with Gasteiger partial charge in [-0.2, -0.15) is 11.8 Å². The molecule has 136 valence electrons. The second-order valence-corrected chi connectivity index (χ2v) is 9.43. The van der Waals surface area contributed by atoms with E-state index in [4.69, 9.17) is 9.84 Å². The highest BCUT2D eigenvalue weighted by Gasteiger charge is 2.51. The first kappa shape index (κ1) is 18.1. The Balaban J connectivity index is 1.62. The summed E-state index contributed by atoms with van der Waals surface area (Å²) in [4.78, 5) is 23.3. The van der Waals surface area contributed by atoms with Crippen LogP contribution in [0.2, 0.25) is 0 Å². The Morgan fingerprint density at radius 3 is 2.21 bits per heavy atom. The second kappa shape index (κ2) is 7.24. The molecule has 0 spiro atoms. The minimum absolute atomic E-state index is 0.313. The maximum atomic E-state index is 12.2. The summed E-state index contributed by atoms with van der Waals surface area (Å²) in [5.41, 5.74) is 0. The van der Waals surface area contributed by atoms with Crippen LogP contribution in [-0.2, 0) is 14.3 Å². The lowest BCUT2D eigenvalue weighted by molar-refractivity contribution is -0.146. The van der Waals surface area contributed by atoms with Crippen LogP contribution in [0.3, 0.4) is 0 Å². The fourth-order valence-corrected chi connectivity index (χ4v) is 7.08. The second-order valence-electron chi connectivity index (χ2n) is 7.94. The van der Waals surface area contributed by atoms with E-state index >= 15 is 0 Å². The zero-order chi connectivity index (χ0) is 17.3. The molecule has 5 nitrogen and oxygen atoms in total. The van der Waals surface area contributed by atoms with Gasteiger partial charge < -0.3 is 9.84 Å². The molecule has 4 aliphatic rings. The number of aliphatic carboxylic acids is 1. The van der Waals surface area contributed by atoms with E-state index in [-0.39, 0.29) is 5.97 Å². The van der Waals surface area contributed by atoms with Gasteiger partial charge in [-0.1, -0.05) is 0 Å². The topological polar surface area (TPSA) is 75.6 Å². The zero-order valence-electron chi connectivity index (χ0n) is 14.6. The number of rotatable bonds is 8. The van der Waals surface area contributed by atoms with Gasteiger partial charge in [0.15, 0.2) is 0 Å². The third-order valence-corrected chi connectivity index (χ3v) is 7.54. The van der Waals surface area contributed by atoms with Gasteiger partial charge in [0.05, 0.1) is 6.61 Å². The minimum Gasteiger partial charge on any atom is -0.480 e. The van der Waals surface area contributed by atoms with Crippen LogP contribution in [0, 0.1) is 17.8 Å². The molecule has 0 heterocycles. The highest BCUT2D eigenvalue weighted by Crippen LogP contribution is 2.60. The lowest BCUT2D eigenvalue weighted by Gasteiger charge is -2.56. The van der Waals surface area contributed by atoms with Crippen LogP contribution in [0.4, 0.5) is 0 Å². The van der Waals surface area contributed by atoms with Crippen molar-refractivity contribution in [3.63, 3.8) is 0 Å². The maximum Gasteiger partial charge on any atom is 0.324 e. The number of thioether (sulfide) groups is 1. The number of hydrogen-bond donors (Lipinski definition) is 2. The first-order chi connectivity index (χ1) is 11.4. The molecule has 4 saturated carbocycles. The predicted molar refractivity (Wildman–Crippen MR) is 94.0 cm³/mol. The van der Waals surface area contributed by atoms with Crippen LogP contribution in [0.25, 0.3) is 0 Å². The van der Waals surface area contributed by atoms with Gasteiger partial charge in [-0.25, -0.2) is 0 Å². The molecule has 1 unspecified atom stereocenters. The fourth-order valence-electron chi connectivity index (χ4n) is 5.27. The number of carboxylic acid groups (broad SMARTS) is 1. The Morgan fingerprint density at radius 1 is 1.21 bits per heavy atom. The van der Waals surface area contributed by atoms with Crippen molar-refractivity contribution in [2.75, 3.05) is 12.4 Å². The van der Waals surface area contributed by atoms with Gasteiger partial charge in [0, 0.05) is 10.5 Å². The smallest absolute Gasteiger partial charge is 0.324 e. The molecule has 4 aliphatic carbocycles. The van der Waals surface area contributed by atoms with E-state index in [2.05, 4.69) is 5.32 Å². The molecular formula is C18H29NO4S. The molecule has 6 heteroatoms. The van der Waals surface area contributed by atoms with Gasteiger partial charge >= 0.3 is 11.9 Å². The number of esters is 1. The summed E-state index contributed by atoms with van der Waals surface area (Å²) in [7, 11) is 0. The molecule has 4 bridgehead atoms. The van der Waals surface area contributed by atoms with E-state index in [0.717, 1.165) is 17.8 Å². The lowest BCUT2D eigenvalue weighted by atomic mass is 9.56. The summed E-state index contributed by atoms with van der Waals surface area (Å²) >= 11 is 1.89. The summed E-state index contributed by atoms with van der Waals surface area (Å²) in [5, 5.41) is 12.1. The van der Waals surface area contributed by atoms with E-state index in [9.17, 15) is 9.59 Å². The van der Waals surface area contributed by atoms with Crippen molar-refractivity contribution in [3.8, 4) is 0 Å². The van der Waals surface area contributed by atoms with Gasteiger partial charge in [0.1, 0.15) is 12.1 Å².